The standard InChI is InChI=1S/C30H35N5O2/c1-20(18-31)19-32-28-24-17-22(10-9-21(24)11-12-27(28)37-5)25-7-6-8-26(33-25)29(36)34-30(2)15-13-23(14-16-30)35(3)4/h6-12,17,23,32H,1,13-16,19H2,2-5H3,(H,34,36). The summed E-state index contributed by atoms with van der Waals surface area (Å²) in [5.41, 5.74) is 2.99. The number of nitrogens with zero attached hydrogens (tertiary/aromatic N) is 3. The summed E-state index contributed by atoms with van der Waals surface area (Å²) < 4.78 is 5.57. The summed E-state index contributed by atoms with van der Waals surface area (Å²) in [6.07, 6.45) is 4.02. The van der Waals surface area contributed by atoms with Crippen molar-refractivity contribution in [2.75, 3.05) is 33.1 Å². The van der Waals surface area contributed by atoms with E-state index in [1.807, 2.05) is 42.5 Å². The second-order valence-corrected chi connectivity index (χ2v) is 10.3. The minimum Gasteiger partial charge on any atom is -0.495 e. The van der Waals surface area contributed by atoms with Gasteiger partial charge in [-0.25, -0.2) is 4.98 Å². The number of carbonyl (C=O) groups is 1. The zero-order chi connectivity index (χ0) is 26.6. The van der Waals surface area contributed by atoms with Crippen LogP contribution in [0.5, 0.6) is 5.75 Å². The minimum atomic E-state index is -0.227. The van der Waals surface area contributed by atoms with Gasteiger partial charge in [-0.15, -0.1) is 0 Å². The number of hydrogen-bond acceptors (Lipinski definition) is 6. The van der Waals surface area contributed by atoms with Gasteiger partial charge in [0.25, 0.3) is 5.91 Å². The number of rotatable bonds is 8. The summed E-state index contributed by atoms with van der Waals surface area (Å²) in [5, 5.41) is 17.6. The van der Waals surface area contributed by atoms with Crippen LogP contribution in [0.15, 0.2) is 60.7 Å². The van der Waals surface area contributed by atoms with Crippen molar-refractivity contribution in [2.24, 2.45) is 0 Å². The lowest BCUT2D eigenvalue weighted by Gasteiger charge is -2.40. The topological polar surface area (TPSA) is 90.3 Å². The Balaban J connectivity index is 1.59. The smallest absolute Gasteiger partial charge is 0.270 e. The Morgan fingerprint density at radius 3 is 2.62 bits per heavy atom. The number of pyridine rings is 1. The van der Waals surface area contributed by atoms with E-state index in [0.29, 0.717) is 35.3 Å². The first kappa shape index (κ1) is 26.2. The first-order valence-electron chi connectivity index (χ1n) is 12.6. The molecule has 0 aliphatic heterocycles. The van der Waals surface area contributed by atoms with Gasteiger partial charge in [-0.05, 0) is 76.4 Å². The lowest BCUT2D eigenvalue weighted by Crippen LogP contribution is -2.50. The van der Waals surface area contributed by atoms with Gasteiger partial charge in [0, 0.05) is 34.6 Å². The van der Waals surface area contributed by atoms with E-state index < -0.39 is 0 Å². The maximum Gasteiger partial charge on any atom is 0.270 e. The van der Waals surface area contributed by atoms with Crippen LogP contribution in [0.25, 0.3) is 22.0 Å². The van der Waals surface area contributed by atoms with Crippen molar-refractivity contribution in [3.05, 3.63) is 66.4 Å². The summed E-state index contributed by atoms with van der Waals surface area (Å²) in [4.78, 5) is 20.2. The molecule has 0 saturated heterocycles. The highest BCUT2D eigenvalue weighted by Gasteiger charge is 2.33. The zero-order valence-electron chi connectivity index (χ0n) is 22.1. The van der Waals surface area contributed by atoms with Gasteiger partial charge in [0.05, 0.1) is 24.6 Å². The first-order valence-corrected chi connectivity index (χ1v) is 12.6. The van der Waals surface area contributed by atoms with Crippen molar-refractivity contribution in [1.29, 1.82) is 5.26 Å². The molecule has 1 aliphatic rings. The van der Waals surface area contributed by atoms with E-state index in [2.05, 4.69) is 49.2 Å². The average Bonchev–Trinajstić information content (AvgIpc) is 2.91. The fraction of sp³-hybridized carbons (Fsp3) is 0.367. The quantitative estimate of drug-likeness (QED) is 0.405. The van der Waals surface area contributed by atoms with Crippen LogP contribution in [0.3, 0.4) is 0 Å². The van der Waals surface area contributed by atoms with Gasteiger partial charge in [-0.3, -0.25) is 4.79 Å². The molecule has 2 N–H and O–H groups in total. The second-order valence-electron chi connectivity index (χ2n) is 10.3. The summed E-state index contributed by atoms with van der Waals surface area (Å²) in [6.45, 7) is 6.21. The molecular formula is C30H35N5O2. The highest BCUT2D eigenvalue weighted by atomic mass is 16.5. The number of fused-ring (bicyclic) bond motifs is 1. The molecule has 7 heteroatoms. The van der Waals surface area contributed by atoms with Crippen LogP contribution >= 0.6 is 0 Å². The van der Waals surface area contributed by atoms with Gasteiger partial charge in [0.1, 0.15) is 11.4 Å². The molecular weight excluding hydrogens is 462 g/mol. The molecule has 1 aliphatic carbocycles. The van der Waals surface area contributed by atoms with Crippen LogP contribution in [-0.2, 0) is 0 Å². The van der Waals surface area contributed by atoms with E-state index in [0.717, 1.165) is 47.7 Å². The molecule has 4 rings (SSSR count). The van der Waals surface area contributed by atoms with Crippen molar-refractivity contribution in [2.45, 2.75) is 44.2 Å². The highest BCUT2D eigenvalue weighted by molar-refractivity contribution is 5.99. The van der Waals surface area contributed by atoms with Crippen molar-refractivity contribution in [3.8, 4) is 23.1 Å². The van der Waals surface area contributed by atoms with E-state index in [4.69, 9.17) is 15.0 Å². The number of hydrogen-bond donors (Lipinski definition) is 2. The molecule has 0 radical (unpaired) electrons. The Labute approximate surface area is 219 Å². The predicted octanol–water partition coefficient (Wildman–Crippen LogP) is 5.39. The number of anilines is 1. The van der Waals surface area contributed by atoms with Gasteiger partial charge in [0.2, 0.25) is 0 Å². The molecule has 1 amide bonds. The lowest BCUT2D eigenvalue weighted by molar-refractivity contribution is 0.0845. The summed E-state index contributed by atoms with van der Waals surface area (Å²) in [7, 11) is 5.85. The maximum absolute atomic E-state index is 13.2. The molecule has 1 fully saturated rings. The first-order chi connectivity index (χ1) is 17.7. The number of aromatic nitrogens is 1. The van der Waals surface area contributed by atoms with Crippen molar-refractivity contribution < 1.29 is 9.53 Å². The van der Waals surface area contributed by atoms with Gasteiger partial charge >= 0.3 is 0 Å². The Morgan fingerprint density at radius 2 is 1.95 bits per heavy atom. The Kier molecular flexibility index (Phi) is 7.80. The number of nitriles is 1. The number of ether oxygens (including phenoxy) is 1. The van der Waals surface area contributed by atoms with Crippen LogP contribution < -0.4 is 15.4 Å². The van der Waals surface area contributed by atoms with Crippen LogP contribution in [-0.4, -0.2) is 55.1 Å². The normalized spacial score (nSPS) is 19.3. The van der Waals surface area contributed by atoms with E-state index in [9.17, 15) is 4.79 Å². The van der Waals surface area contributed by atoms with Gasteiger partial charge in [0.15, 0.2) is 0 Å². The van der Waals surface area contributed by atoms with Gasteiger partial charge in [-0.1, -0.05) is 30.8 Å². The van der Waals surface area contributed by atoms with Crippen molar-refractivity contribution in [3.63, 3.8) is 0 Å². The zero-order valence-corrected chi connectivity index (χ0v) is 22.1. The molecule has 2 aromatic carbocycles. The molecule has 3 aromatic rings. The number of methoxy groups -OCH3 is 1. The Morgan fingerprint density at radius 1 is 1.22 bits per heavy atom. The third-order valence-electron chi connectivity index (χ3n) is 7.32. The average molecular weight is 498 g/mol. The predicted molar refractivity (Wildman–Crippen MR) is 149 cm³/mol. The van der Waals surface area contributed by atoms with Crippen LogP contribution in [0.1, 0.15) is 43.1 Å². The summed E-state index contributed by atoms with van der Waals surface area (Å²) >= 11 is 0. The molecule has 1 saturated carbocycles. The fourth-order valence-electron chi connectivity index (χ4n) is 4.99. The van der Waals surface area contributed by atoms with Crippen LogP contribution in [0.2, 0.25) is 0 Å². The minimum absolute atomic E-state index is 0.146. The lowest BCUT2D eigenvalue weighted by atomic mass is 9.80. The highest BCUT2D eigenvalue weighted by Crippen LogP contribution is 2.36. The van der Waals surface area contributed by atoms with E-state index in [-0.39, 0.29) is 11.4 Å². The molecule has 1 aromatic heterocycles. The van der Waals surface area contributed by atoms with Gasteiger partial charge in [-0.2, -0.15) is 5.26 Å². The third-order valence-corrected chi connectivity index (χ3v) is 7.32. The third kappa shape index (κ3) is 5.92. The monoisotopic (exact) mass is 497 g/mol. The van der Waals surface area contributed by atoms with Crippen molar-refractivity contribution in [1.82, 2.24) is 15.2 Å². The summed E-state index contributed by atoms with van der Waals surface area (Å²) in [5.74, 6) is 0.529. The second kappa shape index (κ2) is 11.0. The molecule has 0 unspecified atom stereocenters. The molecule has 7 nitrogen and oxygen atoms in total. The van der Waals surface area contributed by atoms with E-state index in [1.54, 1.807) is 13.2 Å². The Hall–Kier alpha value is -3.89. The number of carbonyl (C=O) groups excluding carboxylic acids is 1. The van der Waals surface area contributed by atoms with Crippen LogP contribution in [0.4, 0.5) is 5.69 Å². The van der Waals surface area contributed by atoms with E-state index in [1.165, 1.54) is 0 Å². The van der Waals surface area contributed by atoms with Crippen LogP contribution in [0, 0.1) is 11.3 Å². The maximum atomic E-state index is 13.2. The molecule has 0 bridgehead atoms. The molecule has 0 spiro atoms. The van der Waals surface area contributed by atoms with Gasteiger partial charge < -0.3 is 20.3 Å². The molecule has 37 heavy (non-hydrogen) atoms. The largest absolute Gasteiger partial charge is 0.495 e. The summed E-state index contributed by atoms with van der Waals surface area (Å²) in [6, 6.07) is 18.1. The Bertz CT molecular complexity index is 1350. The molecule has 0 atom stereocenters. The number of benzene rings is 2. The SMILES string of the molecule is C=C(C#N)CNc1c(OC)ccc2ccc(-c3cccc(C(=O)NC4(C)CCC(N(C)C)CC4)n3)cc12. The molecule has 192 valence electrons. The van der Waals surface area contributed by atoms with Crippen molar-refractivity contribution >= 4 is 22.4 Å². The van der Waals surface area contributed by atoms with E-state index >= 15 is 0 Å². The number of nitrogens with one attached hydrogen (secondary N) is 2. The number of amides is 1. The fourth-order valence-corrected chi connectivity index (χ4v) is 4.99. The molecule has 1 heterocycles.